The molecule has 0 aliphatic carbocycles. The van der Waals surface area contributed by atoms with Crippen LogP contribution in [0.1, 0.15) is 70.7 Å². The molecule has 0 saturated carbocycles. The number of nitrogens with two attached hydrogens (primary N) is 1. The van der Waals surface area contributed by atoms with Gasteiger partial charge in [-0.1, -0.05) is 57.2 Å². The molecule has 16 heteroatoms. The number of nitrogens with one attached hydrogen (secondary N) is 2. The number of likely N-dealkylation sites (tertiary alicyclic amines) is 1. The largest absolute Gasteiger partial charge is 0.507 e. The molecule has 2 aliphatic heterocycles. The van der Waals surface area contributed by atoms with Crippen LogP contribution in [0.4, 0.5) is 11.5 Å². The minimum atomic E-state index is -0.939. The highest BCUT2D eigenvalue weighted by atomic mass is 32.1. The van der Waals surface area contributed by atoms with Gasteiger partial charge in [0.1, 0.15) is 17.8 Å². The maximum atomic E-state index is 14.1. The van der Waals surface area contributed by atoms with Crippen LogP contribution in [0, 0.1) is 12.3 Å². The molecule has 4 heterocycles. The lowest BCUT2D eigenvalue weighted by molar-refractivity contribution is -0.144. The van der Waals surface area contributed by atoms with Crippen LogP contribution < -0.4 is 21.3 Å². The number of phenols is 1. The molecule has 0 radical (unpaired) electrons. The lowest BCUT2D eigenvalue weighted by atomic mass is 9.85. The summed E-state index contributed by atoms with van der Waals surface area (Å²) in [5, 5.41) is 33.0. The van der Waals surface area contributed by atoms with E-state index in [9.17, 15) is 24.3 Å². The van der Waals surface area contributed by atoms with E-state index in [4.69, 9.17) is 10.8 Å². The highest BCUT2D eigenvalue weighted by Gasteiger charge is 2.46. The first-order valence-corrected chi connectivity index (χ1v) is 20.5. The van der Waals surface area contributed by atoms with Crippen molar-refractivity contribution in [1.82, 2.24) is 35.6 Å². The van der Waals surface area contributed by atoms with Gasteiger partial charge < -0.3 is 41.3 Å². The van der Waals surface area contributed by atoms with Gasteiger partial charge in [0, 0.05) is 44.6 Å². The second-order valence-electron chi connectivity index (χ2n) is 16.2. The van der Waals surface area contributed by atoms with E-state index in [-0.39, 0.29) is 61.1 Å². The molecular formula is C42H54N9O6S+. The average molecular weight is 813 g/mol. The van der Waals surface area contributed by atoms with Crippen molar-refractivity contribution in [3.63, 3.8) is 0 Å². The molecule has 7 N–H and O–H groups in total. The van der Waals surface area contributed by atoms with Crippen LogP contribution in [-0.4, -0.2) is 110 Å². The minimum Gasteiger partial charge on any atom is -0.507 e. The van der Waals surface area contributed by atoms with Crippen molar-refractivity contribution in [2.24, 2.45) is 5.41 Å². The van der Waals surface area contributed by atoms with Gasteiger partial charge in [-0.2, -0.15) is 0 Å². The first-order chi connectivity index (χ1) is 27.6. The maximum Gasteiger partial charge on any atom is 0.246 e. The number of rotatable bonds is 12. The zero-order valence-electron chi connectivity index (χ0n) is 33.7. The normalized spacial score (nSPS) is 18.1. The molecule has 58 heavy (non-hydrogen) atoms. The van der Waals surface area contributed by atoms with Gasteiger partial charge in [-0.15, -0.1) is 21.5 Å². The fourth-order valence-electron chi connectivity index (χ4n) is 7.49. The number of phenolic OH excluding ortho intramolecular Hbond substituents is 1. The van der Waals surface area contributed by atoms with Crippen LogP contribution in [0.25, 0.3) is 21.7 Å². The third-order valence-corrected chi connectivity index (χ3v) is 11.8. The van der Waals surface area contributed by atoms with Crippen LogP contribution in [0.2, 0.25) is 0 Å². The predicted molar refractivity (Wildman–Crippen MR) is 224 cm³/mol. The minimum absolute atomic E-state index is 0.0454. The highest BCUT2D eigenvalue weighted by molar-refractivity contribution is 7.13. The number of aryl methyl sites for hydroxylation is 1. The quantitative estimate of drug-likeness (QED) is 0.152. The van der Waals surface area contributed by atoms with Crippen LogP contribution >= 0.6 is 11.3 Å². The van der Waals surface area contributed by atoms with Gasteiger partial charge in [-0.3, -0.25) is 19.2 Å². The Morgan fingerprint density at radius 2 is 1.71 bits per heavy atom. The standard InChI is InChI=1S/C42H53N9O6S/c1-25(27-13-15-28(16-14-27)37-26(2)44-24-58-37)45-40(56)33-21-29(52)23-51(33)41(57)38(42(3,4)5)46-35(54)11-8-12-36(55)50-19-17-49(18-20-50)32-22-31(47-48-39(32)43)30-9-6-7-10-34(30)53/h6-7,9-10,13-16,22,24-25,29,33,38,52-53H,8,11-12,17-21,23H2,1-5H3,(H2,43,48)(H,45,56)(H,46,54)/p+1/t25-,29+,33-,38+/m0/s1. The molecular weight excluding hydrogens is 759 g/mol. The van der Waals surface area contributed by atoms with Gasteiger partial charge in [0.2, 0.25) is 23.6 Å². The number of carbonyl (C=O) groups excluding carboxylic acids is 4. The number of carbonyl (C=O) groups is 4. The van der Waals surface area contributed by atoms with E-state index >= 15 is 0 Å². The van der Waals surface area contributed by atoms with Crippen molar-refractivity contribution in [3.05, 3.63) is 71.4 Å². The van der Waals surface area contributed by atoms with Crippen molar-refractivity contribution >= 4 is 46.5 Å². The van der Waals surface area contributed by atoms with Crippen molar-refractivity contribution in [2.45, 2.75) is 84.5 Å². The molecule has 4 amide bonds. The Kier molecular flexibility index (Phi) is 13.0. The molecule has 308 valence electrons. The monoisotopic (exact) mass is 812 g/mol. The number of nitrogen functional groups attached to an aromatic ring is 1. The second-order valence-corrected chi connectivity index (χ2v) is 17.0. The Labute approximate surface area is 342 Å². The van der Waals surface area contributed by atoms with Gasteiger partial charge in [-0.05, 0) is 55.0 Å². The van der Waals surface area contributed by atoms with Crippen LogP contribution in [0.3, 0.4) is 0 Å². The van der Waals surface area contributed by atoms with Gasteiger partial charge in [0.25, 0.3) is 0 Å². The zero-order chi connectivity index (χ0) is 41.7. The maximum absolute atomic E-state index is 14.1. The topological polar surface area (TPSA) is 210 Å². The molecule has 2 aliphatic rings. The van der Waals surface area contributed by atoms with E-state index in [1.165, 1.54) is 4.90 Å². The number of nitrogens with zero attached hydrogens (tertiary/aromatic N) is 6. The molecule has 4 aromatic rings. The molecule has 4 atom stereocenters. The summed E-state index contributed by atoms with van der Waals surface area (Å²) in [5.74, 6) is -0.825. The summed E-state index contributed by atoms with van der Waals surface area (Å²) in [5.41, 5.74) is 11.9. The summed E-state index contributed by atoms with van der Waals surface area (Å²) in [6.07, 6.45) is 0.0673. The van der Waals surface area contributed by atoms with Crippen LogP contribution in [0.5, 0.6) is 5.75 Å². The second kappa shape index (κ2) is 17.9. The Hall–Kier alpha value is -5.61. The zero-order valence-corrected chi connectivity index (χ0v) is 34.5. The van der Waals surface area contributed by atoms with Crippen molar-refractivity contribution in [1.29, 1.82) is 0 Å². The third-order valence-electron chi connectivity index (χ3n) is 10.8. The van der Waals surface area contributed by atoms with Crippen molar-refractivity contribution < 1.29 is 29.4 Å². The van der Waals surface area contributed by atoms with E-state index in [0.717, 1.165) is 21.7 Å². The van der Waals surface area contributed by atoms with E-state index < -0.39 is 29.5 Å². The number of amides is 4. The number of hydrogen-bond acceptors (Lipinski definition) is 11. The molecule has 2 aromatic heterocycles. The number of aromatic hydroxyl groups is 1. The van der Waals surface area contributed by atoms with Crippen LogP contribution in [0.15, 0.2) is 60.1 Å². The first-order valence-electron chi connectivity index (χ1n) is 19.7. The summed E-state index contributed by atoms with van der Waals surface area (Å²) in [6, 6.07) is 14.5. The van der Waals surface area contributed by atoms with E-state index in [1.807, 2.05) is 69.3 Å². The van der Waals surface area contributed by atoms with Gasteiger partial charge >= 0.3 is 0 Å². The van der Waals surface area contributed by atoms with Gasteiger partial charge in [0.15, 0.2) is 11.9 Å². The molecule has 2 saturated heterocycles. The average Bonchev–Trinajstić information content (AvgIpc) is 3.82. The summed E-state index contributed by atoms with van der Waals surface area (Å²) in [7, 11) is 0. The number of aromatic nitrogens is 3. The van der Waals surface area contributed by atoms with Gasteiger partial charge in [-0.25, -0.2) is 4.98 Å². The fourth-order valence-corrected chi connectivity index (χ4v) is 8.30. The molecule has 2 fully saturated rings. The SMILES string of the molecule is Cc1ncsc1-c1ccc([C@H](C)NC(=O)[C@@H]2C[C@@H]([OH2+])CN2C(=O)[C@@H](NC(=O)CCCC(=O)N2CCN(c3cc(-c4ccccc4O)nnc3N)CC2)C(C)(C)C)cc1. The number of para-hydroxylation sites is 1. The number of piperazine rings is 1. The molecule has 0 bridgehead atoms. The summed E-state index contributed by atoms with van der Waals surface area (Å²) in [6.45, 7) is 11.4. The first kappa shape index (κ1) is 42.0. The number of thiazole rings is 1. The lowest BCUT2D eigenvalue weighted by Crippen LogP contribution is -2.57. The summed E-state index contributed by atoms with van der Waals surface area (Å²) >= 11 is 1.58. The molecule has 0 spiro atoms. The predicted octanol–water partition coefficient (Wildman–Crippen LogP) is 3.78. The summed E-state index contributed by atoms with van der Waals surface area (Å²) in [4.78, 5) is 64.9. The third kappa shape index (κ3) is 9.73. The Morgan fingerprint density at radius 3 is 2.36 bits per heavy atom. The number of hydrogen-bond donors (Lipinski definition) is 4. The van der Waals surface area contributed by atoms with Crippen LogP contribution in [-0.2, 0) is 19.2 Å². The molecule has 0 unspecified atom stereocenters. The fraction of sp³-hybridized carbons (Fsp3) is 0.452. The Morgan fingerprint density at radius 1 is 1.00 bits per heavy atom. The smallest absolute Gasteiger partial charge is 0.246 e. The van der Waals surface area contributed by atoms with Crippen molar-refractivity contribution in [2.75, 3.05) is 43.4 Å². The van der Waals surface area contributed by atoms with E-state index in [0.29, 0.717) is 49.5 Å². The van der Waals surface area contributed by atoms with E-state index in [2.05, 4.69) is 25.8 Å². The number of benzene rings is 2. The Bertz CT molecular complexity index is 2110. The molecule has 2 aromatic carbocycles. The van der Waals surface area contributed by atoms with E-state index in [1.54, 1.807) is 46.6 Å². The summed E-state index contributed by atoms with van der Waals surface area (Å²) < 4.78 is 0. The van der Waals surface area contributed by atoms with Crippen molar-refractivity contribution in [3.8, 4) is 27.4 Å². The lowest BCUT2D eigenvalue weighted by Gasteiger charge is -2.36. The highest BCUT2D eigenvalue weighted by Crippen LogP contribution is 2.33. The van der Waals surface area contributed by atoms with Gasteiger partial charge in [0.05, 0.1) is 46.5 Å². The Balaban J connectivity index is 0.992. The molecule has 6 rings (SSSR count). The number of anilines is 2. The molecule has 15 nitrogen and oxygen atoms in total.